The molecule has 4 aromatic carbocycles. The molecule has 13 nitrogen and oxygen atoms in total. The maximum atomic E-state index is 13.8. The van der Waals surface area contributed by atoms with Crippen molar-refractivity contribution in [1.82, 2.24) is 19.9 Å². The van der Waals surface area contributed by atoms with Gasteiger partial charge in [0.15, 0.2) is 17.3 Å². The largest absolute Gasteiger partial charge is 0.493 e. The highest BCUT2D eigenvalue weighted by Gasteiger charge is 2.40. The second kappa shape index (κ2) is 17.7. The van der Waals surface area contributed by atoms with Crippen LogP contribution in [0.5, 0.6) is 11.5 Å². The van der Waals surface area contributed by atoms with Crippen LogP contribution in [0, 0.1) is 13.8 Å². The molecule has 4 aromatic heterocycles. The van der Waals surface area contributed by atoms with E-state index in [0.29, 0.717) is 47.4 Å². The number of ether oxygens (including phenoxy) is 4. The highest BCUT2D eigenvalue weighted by Crippen LogP contribution is 2.53. The molecule has 0 amide bonds. The molecule has 8 aromatic rings. The first-order valence-electron chi connectivity index (χ1n) is 24.9. The molecule has 0 spiro atoms. The van der Waals surface area contributed by atoms with Gasteiger partial charge >= 0.3 is 11.9 Å². The zero-order valence-corrected chi connectivity index (χ0v) is 44.0. The van der Waals surface area contributed by atoms with Crippen molar-refractivity contribution < 1.29 is 38.7 Å². The monoisotopic (exact) mass is 1010 g/mol. The minimum atomic E-state index is -1.36. The normalized spacial score (nSPS) is 16.6. The Morgan fingerprint density at radius 1 is 0.806 bits per heavy atom. The van der Waals surface area contributed by atoms with Gasteiger partial charge in [-0.2, -0.15) is 0 Å². The second-order valence-corrected chi connectivity index (χ2v) is 23.3. The summed E-state index contributed by atoms with van der Waals surface area (Å²) >= 11 is 3.14. The van der Waals surface area contributed by atoms with Gasteiger partial charge < -0.3 is 34.1 Å². The summed E-state index contributed by atoms with van der Waals surface area (Å²) in [6.07, 6.45) is 3.26. The number of pyridine rings is 2. The summed E-state index contributed by atoms with van der Waals surface area (Å²) in [7, 11) is 0. The number of fused-ring (bicyclic) bond motifs is 2. The van der Waals surface area contributed by atoms with Gasteiger partial charge in [-0.3, -0.25) is 9.97 Å². The SMILES string of the molecule is CCC(C)(C)O[C@H](C(=O)O)c1c(C)cc2nc(N3CCC3)sc2c1-c1ccc2c3c(ccnc13)CC(c1c(C)c([C@H](OC(C)(C)C)C(=O)O)c(-c3ccc4c5c(ccnc35)CCO4)c3sc(C(C)C)nc13)O2. The quantitative estimate of drug-likeness (QED) is 0.112. The first-order chi connectivity index (χ1) is 34.3. The molecular formula is C57H59N5O8S2. The number of carboxylic acid groups (broad SMARTS) is 2. The number of benzene rings is 4. The molecular weight excluding hydrogens is 947 g/mol. The van der Waals surface area contributed by atoms with E-state index in [1.807, 2.05) is 110 Å². The minimum Gasteiger partial charge on any atom is -0.493 e. The van der Waals surface area contributed by atoms with Crippen LogP contribution < -0.4 is 14.4 Å². The van der Waals surface area contributed by atoms with E-state index in [1.54, 1.807) is 22.7 Å². The van der Waals surface area contributed by atoms with Crippen molar-refractivity contribution in [2.45, 2.75) is 130 Å². The van der Waals surface area contributed by atoms with Crippen LogP contribution in [0.15, 0.2) is 54.9 Å². The third-order valence-electron chi connectivity index (χ3n) is 14.5. The highest BCUT2D eigenvalue weighted by atomic mass is 32.1. The molecule has 11 rings (SSSR count). The topological polar surface area (TPSA) is 166 Å². The lowest BCUT2D eigenvalue weighted by Gasteiger charge is -2.32. The summed E-state index contributed by atoms with van der Waals surface area (Å²) in [5, 5.41) is 25.8. The molecule has 0 bridgehead atoms. The minimum absolute atomic E-state index is 0.0692. The average molecular weight is 1010 g/mol. The maximum Gasteiger partial charge on any atom is 0.337 e. The number of aromatic nitrogens is 4. The maximum absolute atomic E-state index is 13.8. The van der Waals surface area contributed by atoms with Gasteiger partial charge in [0, 0.05) is 94.0 Å². The van der Waals surface area contributed by atoms with E-state index in [2.05, 4.69) is 18.7 Å². The zero-order chi connectivity index (χ0) is 50.7. The fourth-order valence-electron chi connectivity index (χ4n) is 10.7. The Bertz CT molecular complexity index is 3530. The molecule has 3 atom stereocenters. The fraction of sp³-hybridized carbons (Fsp3) is 0.404. The molecule has 3 aliphatic heterocycles. The van der Waals surface area contributed by atoms with Gasteiger partial charge in [0.05, 0.1) is 54.3 Å². The Kier molecular flexibility index (Phi) is 11.8. The third kappa shape index (κ3) is 8.03. The Morgan fingerprint density at radius 2 is 1.44 bits per heavy atom. The van der Waals surface area contributed by atoms with Crippen molar-refractivity contribution >= 4 is 82.0 Å². The molecule has 1 unspecified atom stereocenters. The Morgan fingerprint density at radius 3 is 2.07 bits per heavy atom. The van der Waals surface area contributed by atoms with Crippen molar-refractivity contribution in [2.24, 2.45) is 0 Å². The smallest absolute Gasteiger partial charge is 0.337 e. The number of thiazole rings is 2. The van der Waals surface area contributed by atoms with Crippen LogP contribution in [0.25, 0.3) is 64.5 Å². The van der Waals surface area contributed by atoms with Gasteiger partial charge in [0.25, 0.3) is 0 Å². The Hall–Kier alpha value is -6.26. The highest BCUT2D eigenvalue weighted by molar-refractivity contribution is 7.22. The number of rotatable bonds is 13. The van der Waals surface area contributed by atoms with Crippen LogP contribution in [-0.4, -0.2) is 73.0 Å². The molecule has 0 aliphatic carbocycles. The molecule has 0 radical (unpaired) electrons. The molecule has 7 heterocycles. The summed E-state index contributed by atoms with van der Waals surface area (Å²) in [6, 6.07) is 14.0. The molecule has 372 valence electrons. The summed E-state index contributed by atoms with van der Waals surface area (Å²) in [6.45, 7) is 22.0. The zero-order valence-electron chi connectivity index (χ0n) is 42.4. The lowest BCUT2D eigenvalue weighted by atomic mass is 9.83. The van der Waals surface area contributed by atoms with Crippen molar-refractivity contribution in [3.63, 3.8) is 0 Å². The summed E-state index contributed by atoms with van der Waals surface area (Å²) in [5.74, 6) is -0.753. The van der Waals surface area contributed by atoms with Gasteiger partial charge in [-0.15, -0.1) is 11.3 Å². The molecule has 0 saturated carbocycles. The Labute approximate surface area is 426 Å². The van der Waals surface area contributed by atoms with E-state index in [0.717, 1.165) is 123 Å². The predicted molar refractivity (Wildman–Crippen MR) is 284 cm³/mol. The lowest BCUT2D eigenvalue weighted by molar-refractivity contribution is -0.162. The van der Waals surface area contributed by atoms with Crippen LogP contribution in [-0.2, 0) is 31.9 Å². The molecule has 2 N–H and O–H groups in total. The molecule has 3 aliphatic rings. The van der Waals surface area contributed by atoms with Crippen LogP contribution >= 0.6 is 22.7 Å². The van der Waals surface area contributed by atoms with Crippen LogP contribution in [0.4, 0.5) is 5.13 Å². The number of nitrogens with zero attached hydrogens (tertiary/aromatic N) is 5. The number of carbonyl (C=O) groups is 2. The lowest BCUT2D eigenvalue weighted by Crippen LogP contribution is -2.36. The number of carboxylic acids is 2. The number of aliphatic carboxylic acids is 2. The molecule has 1 fully saturated rings. The van der Waals surface area contributed by atoms with Crippen LogP contribution in [0.2, 0.25) is 0 Å². The summed E-state index contributed by atoms with van der Waals surface area (Å²) < 4.78 is 28.3. The van der Waals surface area contributed by atoms with Crippen molar-refractivity contribution in [1.29, 1.82) is 0 Å². The van der Waals surface area contributed by atoms with E-state index >= 15 is 0 Å². The van der Waals surface area contributed by atoms with Gasteiger partial charge in [-0.25, -0.2) is 19.6 Å². The predicted octanol–water partition coefficient (Wildman–Crippen LogP) is 13.2. The third-order valence-corrected chi connectivity index (χ3v) is 17.0. The molecule has 1 saturated heterocycles. The number of hydrogen-bond donors (Lipinski definition) is 2. The Balaban J connectivity index is 1.13. The van der Waals surface area contributed by atoms with E-state index in [9.17, 15) is 19.8 Å². The fourth-order valence-corrected chi connectivity index (χ4v) is 13.0. The van der Waals surface area contributed by atoms with Gasteiger partial charge in [0.1, 0.15) is 17.6 Å². The molecule has 15 heteroatoms. The molecule has 72 heavy (non-hydrogen) atoms. The average Bonchev–Trinajstić information content (AvgIpc) is 3.94. The standard InChI is InChI=1S/C57H59N5O8S2/c1-11-57(9,10)70-48(53(63)64)38-28(4)25-34-50(72-55(60-34)62-22-12-23-62)43(38)32-14-16-36-42-31(18-21-59-46(32)42)26-37(68-36)39-29(5)40(49(54(65)66)69-56(6,7)8)44(51-47(39)61-52(71-51)27(2)3)33-13-15-35-41-30(19-24-67-35)17-20-58-45(33)41/h13-18,20-21,25,27,37,48-49H,11-12,19,22-24,26H2,1-10H3,(H,63,64)(H,65,66)/t37?,48-,49-/m0/s1. The first-order valence-corrected chi connectivity index (χ1v) is 26.5. The summed E-state index contributed by atoms with van der Waals surface area (Å²) in [4.78, 5) is 50.1. The van der Waals surface area contributed by atoms with Crippen LogP contribution in [0.3, 0.4) is 0 Å². The second-order valence-electron chi connectivity index (χ2n) is 21.3. The van der Waals surface area contributed by atoms with E-state index in [4.69, 9.17) is 38.9 Å². The number of aryl methyl sites for hydroxylation is 1. The van der Waals surface area contributed by atoms with Gasteiger partial charge in [-0.1, -0.05) is 32.1 Å². The van der Waals surface area contributed by atoms with E-state index in [1.165, 1.54) is 0 Å². The first kappa shape index (κ1) is 48.0. The van der Waals surface area contributed by atoms with Crippen molar-refractivity contribution in [2.75, 3.05) is 24.6 Å². The van der Waals surface area contributed by atoms with Gasteiger partial charge in [0.2, 0.25) is 0 Å². The van der Waals surface area contributed by atoms with Crippen molar-refractivity contribution in [3.8, 4) is 33.8 Å². The van der Waals surface area contributed by atoms with Gasteiger partial charge in [-0.05, 0) is 126 Å². The summed E-state index contributed by atoms with van der Waals surface area (Å²) in [5.41, 5.74) is 9.91. The number of hydrogen-bond acceptors (Lipinski definition) is 13. The van der Waals surface area contributed by atoms with E-state index in [-0.39, 0.29) is 5.92 Å². The van der Waals surface area contributed by atoms with Crippen molar-refractivity contribution in [3.05, 3.63) is 98.8 Å². The number of anilines is 1. The van der Waals surface area contributed by atoms with Crippen LogP contribution in [0.1, 0.15) is 136 Å². The van der Waals surface area contributed by atoms with E-state index < -0.39 is 41.5 Å².